The zero-order chi connectivity index (χ0) is 16.9. The number of imidazole rings is 1. The molecule has 0 bridgehead atoms. The van der Waals surface area contributed by atoms with Crippen LogP contribution in [0.2, 0.25) is 0 Å². The van der Waals surface area contributed by atoms with E-state index in [0.717, 1.165) is 41.4 Å². The van der Waals surface area contributed by atoms with Crippen LogP contribution in [0.4, 0.5) is 5.69 Å². The van der Waals surface area contributed by atoms with Crippen molar-refractivity contribution in [2.24, 2.45) is 0 Å². The fourth-order valence-corrected chi connectivity index (χ4v) is 2.64. The smallest absolute Gasteiger partial charge is 0.181 e. The molecule has 1 N–H and O–H groups in total. The predicted octanol–water partition coefficient (Wildman–Crippen LogP) is 2.88. The molecule has 0 aliphatic rings. The Morgan fingerprint density at radius 2 is 2.12 bits per heavy atom. The lowest BCUT2D eigenvalue weighted by atomic mass is 10.1. The van der Waals surface area contributed by atoms with Gasteiger partial charge in [-0.3, -0.25) is 0 Å². The first-order valence-electron chi connectivity index (χ1n) is 7.88. The van der Waals surface area contributed by atoms with Crippen molar-refractivity contribution in [2.45, 2.75) is 13.8 Å². The summed E-state index contributed by atoms with van der Waals surface area (Å²) in [5, 5.41) is 0. The van der Waals surface area contributed by atoms with Crippen LogP contribution in [-0.2, 0) is 0 Å². The summed E-state index contributed by atoms with van der Waals surface area (Å²) < 4.78 is 5.57. The van der Waals surface area contributed by atoms with Crippen molar-refractivity contribution in [1.29, 1.82) is 0 Å². The summed E-state index contributed by atoms with van der Waals surface area (Å²) in [6, 6.07) is 5.89. The number of hydrogen-bond donors (Lipinski definition) is 1. The van der Waals surface area contributed by atoms with Crippen LogP contribution >= 0.6 is 0 Å². The third-order valence-corrected chi connectivity index (χ3v) is 3.81. The lowest BCUT2D eigenvalue weighted by Crippen LogP contribution is -2.22. The molecule has 0 aliphatic heterocycles. The maximum Gasteiger partial charge on any atom is 0.181 e. The maximum absolute atomic E-state index is 5.57. The standard InChI is InChI=1S/C18H19N5O/c1-4-9-24-13-7-8-14(16(10-13)23(5-2)6-3)17-21-15-11-19-12-20-18(15)22-17/h1,7-8,10-12H,5-6,9H2,2-3H3,(H,19,20,21,22). The van der Waals surface area contributed by atoms with Gasteiger partial charge in [-0.25, -0.2) is 15.0 Å². The fourth-order valence-electron chi connectivity index (χ4n) is 2.64. The Balaban J connectivity index is 2.09. The number of rotatable bonds is 6. The molecule has 0 saturated carbocycles. The van der Waals surface area contributed by atoms with Gasteiger partial charge < -0.3 is 14.6 Å². The Morgan fingerprint density at radius 3 is 2.83 bits per heavy atom. The van der Waals surface area contributed by atoms with E-state index in [0.29, 0.717) is 5.65 Å². The Bertz CT molecular complexity index is 843. The molecule has 3 aromatic rings. The lowest BCUT2D eigenvalue weighted by Gasteiger charge is -2.24. The number of benzene rings is 1. The zero-order valence-corrected chi connectivity index (χ0v) is 13.8. The van der Waals surface area contributed by atoms with Gasteiger partial charge in [0.2, 0.25) is 0 Å². The van der Waals surface area contributed by atoms with Crippen LogP contribution in [0.5, 0.6) is 5.75 Å². The highest BCUT2D eigenvalue weighted by molar-refractivity contribution is 5.81. The van der Waals surface area contributed by atoms with Gasteiger partial charge in [0.05, 0.1) is 11.9 Å². The van der Waals surface area contributed by atoms with Crippen LogP contribution in [0.25, 0.3) is 22.6 Å². The number of nitrogens with zero attached hydrogens (tertiary/aromatic N) is 4. The van der Waals surface area contributed by atoms with Crippen LogP contribution in [0.15, 0.2) is 30.7 Å². The van der Waals surface area contributed by atoms with Crippen molar-refractivity contribution in [3.8, 4) is 29.5 Å². The second-order valence-corrected chi connectivity index (χ2v) is 5.19. The molecule has 0 atom stereocenters. The minimum absolute atomic E-state index is 0.247. The monoisotopic (exact) mass is 321 g/mol. The average Bonchev–Trinajstić information content (AvgIpc) is 3.05. The van der Waals surface area contributed by atoms with E-state index >= 15 is 0 Å². The van der Waals surface area contributed by atoms with Crippen molar-refractivity contribution in [3.05, 3.63) is 30.7 Å². The minimum atomic E-state index is 0.247. The molecular weight excluding hydrogens is 302 g/mol. The summed E-state index contributed by atoms with van der Waals surface area (Å²) in [5.41, 5.74) is 3.50. The summed E-state index contributed by atoms with van der Waals surface area (Å²) >= 11 is 0. The van der Waals surface area contributed by atoms with Gasteiger partial charge >= 0.3 is 0 Å². The summed E-state index contributed by atoms with van der Waals surface area (Å²) in [4.78, 5) is 18.3. The summed E-state index contributed by atoms with van der Waals surface area (Å²) in [7, 11) is 0. The molecule has 0 amide bonds. The molecule has 2 heterocycles. The Kier molecular flexibility index (Phi) is 4.62. The van der Waals surface area contributed by atoms with Crippen LogP contribution in [-0.4, -0.2) is 39.6 Å². The van der Waals surface area contributed by atoms with Gasteiger partial charge in [-0.05, 0) is 26.0 Å². The van der Waals surface area contributed by atoms with Crippen molar-refractivity contribution in [2.75, 3.05) is 24.6 Å². The maximum atomic E-state index is 5.57. The van der Waals surface area contributed by atoms with Gasteiger partial charge in [-0.1, -0.05) is 5.92 Å². The van der Waals surface area contributed by atoms with Gasteiger partial charge in [0.1, 0.15) is 30.0 Å². The van der Waals surface area contributed by atoms with Crippen molar-refractivity contribution >= 4 is 16.9 Å². The van der Waals surface area contributed by atoms with E-state index in [1.165, 1.54) is 6.33 Å². The van der Waals surface area contributed by atoms with E-state index in [4.69, 9.17) is 11.2 Å². The number of H-pyrrole nitrogens is 1. The third-order valence-electron chi connectivity index (χ3n) is 3.81. The van der Waals surface area contributed by atoms with Gasteiger partial charge in [-0.15, -0.1) is 6.42 Å². The average molecular weight is 321 g/mol. The number of aromatic amines is 1. The largest absolute Gasteiger partial charge is 0.481 e. The SMILES string of the molecule is C#CCOc1ccc(-c2nc3ncncc3[nH]2)c(N(CC)CC)c1. The number of fused-ring (bicyclic) bond motifs is 1. The van der Waals surface area contributed by atoms with Crippen molar-refractivity contribution < 1.29 is 4.74 Å². The van der Waals surface area contributed by atoms with Gasteiger partial charge in [0, 0.05) is 24.7 Å². The highest BCUT2D eigenvalue weighted by Gasteiger charge is 2.15. The first-order chi connectivity index (χ1) is 11.8. The van der Waals surface area contributed by atoms with E-state index in [1.54, 1.807) is 6.20 Å². The lowest BCUT2D eigenvalue weighted by molar-refractivity contribution is 0.370. The van der Waals surface area contributed by atoms with E-state index < -0.39 is 0 Å². The summed E-state index contributed by atoms with van der Waals surface area (Å²) in [6.07, 6.45) is 8.49. The number of anilines is 1. The second kappa shape index (κ2) is 7.01. The summed E-state index contributed by atoms with van der Waals surface area (Å²) in [6.45, 7) is 6.24. The van der Waals surface area contributed by atoms with Crippen molar-refractivity contribution in [3.63, 3.8) is 0 Å². The topological polar surface area (TPSA) is 66.9 Å². The van der Waals surface area contributed by atoms with Crippen LogP contribution in [0, 0.1) is 12.3 Å². The van der Waals surface area contributed by atoms with E-state index in [-0.39, 0.29) is 6.61 Å². The molecule has 6 nitrogen and oxygen atoms in total. The van der Waals surface area contributed by atoms with Crippen molar-refractivity contribution in [1.82, 2.24) is 19.9 Å². The minimum Gasteiger partial charge on any atom is -0.481 e. The van der Waals surface area contributed by atoms with Crippen LogP contribution in [0.3, 0.4) is 0 Å². The fraction of sp³-hybridized carbons (Fsp3) is 0.278. The van der Waals surface area contributed by atoms with Crippen LogP contribution < -0.4 is 9.64 Å². The van der Waals surface area contributed by atoms with Gasteiger partial charge in [-0.2, -0.15) is 0 Å². The molecule has 0 radical (unpaired) electrons. The van der Waals surface area contributed by atoms with Gasteiger partial charge in [0.25, 0.3) is 0 Å². The van der Waals surface area contributed by atoms with E-state index in [2.05, 4.69) is 44.6 Å². The molecule has 122 valence electrons. The highest BCUT2D eigenvalue weighted by Crippen LogP contribution is 2.33. The molecular formula is C18H19N5O. The second-order valence-electron chi connectivity index (χ2n) is 5.19. The molecule has 3 rings (SSSR count). The number of aromatic nitrogens is 4. The zero-order valence-electron chi connectivity index (χ0n) is 13.8. The quantitative estimate of drug-likeness (QED) is 0.707. The predicted molar refractivity (Wildman–Crippen MR) is 95.0 cm³/mol. The third kappa shape index (κ3) is 3.01. The molecule has 0 fully saturated rings. The van der Waals surface area contributed by atoms with E-state index in [9.17, 15) is 0 Å². The highest BCUT2D eigenvalue weighted by atomic mass is 16.5. The molecule has 2 aromatic heterocycles. The number of ether oxygens (including phenoxy) is 1. The number of terminal acetylenes is 1. The number of hydrogen-bond acceptors (Lipinski definition) is 5. The van der Waals surface area contributed by atoms with Gasteiger partial charge in [0.15, 0.2) is 5.65 Å². The normalized spacial score (nSPS) is 10.5. The number of nitrogens with one attached hydrogen (secondary N) is 1. The molecule has 1 aromatic carbocycles. The molecule has 0 aliphatic carbocycles. The summed E-state index contributed by atoms with van der Waals surface area (Å²) in [5.74, 6) is 3.99. The Hall–Kier alpha value is -3.07. The molecule has 6 heteroatoms. The molecule has 0 saturated heterocycles. The first-order valence-corrected chi connectivity index (χ1v) is 7.88. The van der Waals surface area contributed by atoms with E-state index in [1.807, 2.05) is 18.2 Å². The molecule has 0 unspecified atom stereocenters. The van der Waals surface area contributed by atoms with Crippen LogP contribution in [0.1, 0.15) is 13.8 Å². The molecule has 24 heavy (non-hydrogen) atoms. The molecule has 0 spiro atoms. The first kappa shape index (κ1) is 15.8. The Morgan fingerprint density at radius 1 is 1.29 bits per heavy atom. The Labute approximate surface area is 140 Å².